The molecule has 6 nitrogen and oxygen atoms in total. The maximum Gasteiger partial charge on any atom is 0.240 e. The molecule has 1 aromatic carbocycles. The molecule has 0 bridgehead atoms. The minimum absolute atomic E-state index is 0.0590. The summed E-state index contributed by atoms with van der Waals surface area (Å²) in [5.41, 5.74) is 7.23. The molecule has 0 spiro atoms. The van der Waals surface area contributed by atoms with E-state index in [4.69, 9.17) is 28.9 Å². The summed E-state index contributed by atoms with van der Waals surface area (Å²) in [6, 6.07) is 7.05. The molecule has 3 N–H and O–H groups in total. The van der Waals surface area contributed by atoms with Gasteiger partial charge < -0.3 is 10.6 Å². The molecule has 1 rings (SSSR count). The fourth-order valence-corrected chi connectivity index (χ4v) is 4.66. The van der Waals surface area contributed by atoms with Crippen LogP contribution in [0.15, 0.2) is 41.3 Å². The normalized spacial score (nSPS) is 14.2. The van der Waals surface area contributed by atoms with Crippen molar-refractivity contribution in [2.24, 2.45) is 5.73 Å². The van der Waals surface area contributed by atoms with Crippen LogP contribution in [0.2, 0.25) is 0 Å². The molecule has 1 aromatic rings. The Morgan fingerprint density at radius 2 is 1.94 bits per heavy atom. The Bertz CT molecular complexity index is 775. The van der Waals surface area contributed by atoms with Crippen LogP contribution in [-0.4, -0.2) is 76.4 Å². The molecule has 0 aliphatic carbocycles. The van der Waals surface area contributed by atoms with Crippen molar-refractivity contribution in [2.75, 3.05) is 52.7 Å². The van der Waals surface area contributed by atoms with E-state index in [2.05, 4.69) is 16.2 Å². The summed E-state index contributed by atoms with van der Waals surface area (Å²) in [6.07, 6.45) is 2.32. The third-order valence-corrected chi connectivity index (χ3v) is 7.29. The lowest BCUT2D eigenvalue weighted by molar-refractivity contribution is 0.309. The Hall–Kier alpha value is -0.670. The molecule has 2 unspecified atom stereocenters. The second-order valence-electron chi connectivity index (χ2n) is 7.93. The fraction of sp³-hybridized carbons (Fsp3) is 0.636. The summed E-state index contributed by atoms with van der Waals surface area (Å²) < 4.78 is 28.4. The smallest absolute Gasteiger partial charge is 0.240 e. The van der Waals surface area contributed by atoms with E-state index in [-0.39, 0.29) is 16.3 Å². The Labute approximate surface area is 198 Å². The van der Waals surface area contributed by atoms with Gasteiger partial charge in [0.15, 0.2) is 0 Å². The van der Waals surface area contributed by atoms with Gasteiger partial charge >= 0.3 is 0 Å². The van der Waals surface area contributed by atoms with Crippen LogP contribution >= 0.6 is 23.2 Å². The highest BCUT2D eigenvalue weighted by Crippen LogP contribution is 2.29. The van der Waals surface area contributed by atoms with Crippen LogP contribution in [0, 0.1) is 0 Å². The van der Waals surface area contributed by atoms with Crippen molar-refractivity contribution in [3.8, 4) is 0 Å². The van der Waals surface area contributed by atoms with E-state index in [0.717, 1.165) is 37.1 Å². The monoisotopic (exact) mass is 492 g/mol. The molecule has 178 valence electrons. The summed E-state index contributed by atoms with van der Waals surface area (Å²) >= 11 is 12.2. The van der Waals surface area contributed by atoms with Crippen LogP contribution in [0.5, 0.6) is 0 Å². The second kappa shape index (κ2) is 14.5. The maximum absolute atomic E-state index is 12.8. The maximum atomic E-state index is 12.8. The summed E-state index contributed by atoms with van der Waals surface area (Å²) in [6.45, 7) is 9.49. The molecule has 31 heavy (non-hydrogen) atoms. The van der Waals surface area contributed by atoms with Gasteiger partial charge in [0.25, 0.3) is 0 Å². The van der Waals surface area contributed by atoms with E-state index >= 15 is 0 Å². The fourth-order valence-electron chi connectivity index (χ4n) is 3.21. The topological polar surface area (TPSA) is 78.7 Å². The molecule has 0 saturated carbocycles. The highest BCUT2D eigenvalue weighted by Gasteiger charge is 2.22. The van der Waals surface area contributed by atoms with Crippen molar-refractivity contribution in [3.63, 3.8) is 0 Å². The molecular weight excluding hydrogens is 455 g/mol. The lowest BCUT2D eigenvalue weighted by Crippen LogP contribution is -2.31. The number of benzene rings is 1. The average Bonchev–Trinajstić information content (AvgIpc) is 2.73. The Balaban J connectivity index is 2.88. The van der Waals surface area contributed by atoms with Crippen LogP contribution in [0.3, 0.4) is 0 Å². The third-order valence-electron chi connectivity index (χ3n) is 5.31. The Kier molecular flexibility index (Phi) is 13.2. The van der Waals surface area contributed by atoms with E-state index < -0.39 is 10.0 Å². The highest BCUT2D eigenvalue weighted by molar-refractivity contribution is 7.89. The van der Waals surface area contributed by atoms with Gasteiger partial charge in [-0.3, -0.25) is 4.90 Å². The van der Waals surface area contributed by atoms with E-state index in [1.165, 1.54) is 0 Å². The average molecular weight is 494 g/mol. The van der Waals surface area contributed by atoms with Crippen molar-refractivity contribution in [3.05, 3.63) is 42.0 Å². The molecule has 0 aromatic heterocycles. The van der Waals surface area contributed by atoms with Crippen molar-refractivity contribution in [2.45, 2.75) is 42.5 Å². The van der Waals surface area contributed by atoms with Gasteiger partial charge in [0.05, 0.1) is 10.4 Å². The van der Waals surface area contributed by atoms with Gasteiger partial charge in [-0.15, -0.1) is 23.2 Å². The standard InChI is InChI=1S/C22H38Cl2N4O2S/c1-18(10-11-23)22(17-28(4)19(2)24)20-8-5-9-21(16-20)31(29,30)26-13-7-15-27(3)14-6-12-25/h5,8-9,16,19,22,26H,1,6-7,10-15,17,25H2,2-4H3. The van der Waals surface area contributed by atoms with Crippen molar-refractivity contribution >= 4 is 33.2 Å². The van der Waals surface area contributed by atoms with E-state index in [1.807, 2.05) is 32.0 Å². The number of rotatable bonds is 16. The lowest BCUT2D eigenvalue weighted by atomic mass is 9.90. The molecule has 0 amide bonds. The molecule has 0 aliphatic heterocycles. The quantitative estimate of drug-likeness (QED) is 0.160. The number of hydrogen-bond donors (Lipinski definition) is 2. The number of sulfonamides is 1. The molecule has 2 atom stereocenters. The summed E-state index contributed by atoms with van der Waals surface area (Å²) in [5.74, 6) is 0.408. The molecule has 0 radical (unpaired) electrons. The molecule has 0 heterocycles. The van der Waals surface area contributed by atoms with Gasteiger partial charge in [-0.05, 0) is 77.6 Å². The summed E-state index contributed by atoms with van der Waals surface area (Å²) in [4.78, 5) is 4.42. The summed E-state index contributed by atoms with van der Waals surface area (Å²) in [5, 5.41) is 0. The minimum atomic E-state index is -3.60. The van der Waals surface area contributed by atoms with Crippen LogP contribution in [0.25, 0.3) is 0 Å². The van der Waals surface area contributed by atoms with Gasteiger partial charge in [-0.1, -0.05) is 24.3 Å². The predicted octanol–water partition coefficient (Wildman–Crippen LogP) is 3.42. The van der Waals surface area contributed by atoms with Gasteiger partial charge in [0.2, 0.25) is 10.0 Å². The minimum Gasteiger partial charge on any atom is -0.330 e. The van der Waals surface area contributed by atoms with Gasteiger partial charge in [-0.2, -0.15) is 0 Å². The van der Waals surface area contributed by atoms with Crippen molar-refractivity contribution in [1.82, 2.24) is 14.5 Å². The van der Waals surface area contributed by atoms with Crippen LogP contribution < -0.4 is 10.5 Å². The SMILES string of the molecule is C=C(CCCl)C(CN(C)C(C)Cl)c1cccc(S(=O)(=O)NCCCN(C)CCCN)c1. The number of hydrogen-bond acceptors (Lipinski definition) is 5. The van der Waals surface area contributed by atoms with Gasteiger partial charge in [-0.25, -0.2) is 13.1 Å². The van der Waals surface area contributed by atoms with E-state index in [9.17, 15) is 8.42 Å². The zero-order valence-electron chi connectivity index (χ0n) is 19.0. The van der Waals surface area contributed by atoms with Gasteiger partial charge in [0.1, 0.15) is 0 Å². The molecule has 0 saturated heterocycles. The van der Waals surface area contributed by atoms with Crippen LogP contribution in [-0.2, 0) is 10.0 Å². The second-order valence-corrected chi connectivity index (χ2v) is 10.7. The highest BCUT2D eigenvalue weighted by atomic mass is 35.5. The first-order valence-corrected chi connectivity index (χ1v) is 13.1. The van der Waals surface area contributed by atoms with E-state index in [1.54, 1.807) is 18.2 Å². The number of halogens is 2. The first kappa shape index (κ1) is 28.4. The number of likely N-dealkylation sites (N-methyl/N-ethyl adjacent to an activating group) is 1. The zero-order valence-corrected chi connectivity index (χ0v) is 21.3. The molecular formula is C22H38Cl2N4O2S. The largest absolute Gasteiger partial charge is 0.330 e. The van der Waals surface area contributed by atoms with Crippen molar-refractivity contribution in [1.29, 1.82) is 0 Å². The predicted molar refractivity (Wildman–Crippen MR) is 133 cm³/mol. The zero-order chi connectivity index (χ0) is 23.4. The Morgan fingerprint density at radius 3 is 2.55 bits per heavy atom. The third kappa shape index (κ3) is 10.2. The van der Waals surface area contributed by atoms with E-state index in [0.29, 0.717) is 31.9 Å². The van der Waals surface area contributed by atoms with Crippen LogP contribution in [0.4, 0.5) is 0 Å². The first-order valence-electron chi connectivity index (χ1n) is 10.7. The van der Waals surface area contributed by atoms with Crippen LogP contribution in [0.1, 0.15) is 37.7 Å². The van der Waals surface area contributed by atoms with Crippen molar-refractivity contribution < 1.29 is 8.42 Å². The molecule has 0 aliphatic rings. The molecule has 9 heteroatoms. The lowest BCUT2D eigenvalue weighted by Gasteiger charge is -2.28. The van der Waals surface area contributed by atoms with Gasteiger partial charge in [0, 0.05) is 24.9 Å². The number of nitrogens with zero attached hydrogens (tertiary/aromatic N) is 2. The number of alkyl halides is 2. The summed E-state index contributed by atoms with van der Waals surface area (Å²) in [7, 11) is 0.352. The molecule has 0 fully saturated rings. The Morgan fingerprint density at radius 1 is 1.26 bits per heavy atom. The number of nitrogens with one attached hydrogen (secondary N) is 1. The first-order chi connectivity index (χ1) is 14.6. The number of nitrogens with two attached hydrogens (primary N) is 1.